The van der Waals surface area contributed by atoms with Gasteiger partial charge in [0.05, 0.1) is 11.6 Å². The van der Waals surface area contributed by atoms with Gasteiger partial charge in [-0.1, -0.05) is 12.8 Å². The van der Waals surface area contributed by atoms with Crippen LogP contribution in [0.1, 0.15) is 32.1 Å². The Morgan fingerprint density at radius 2 is 2.22 bits per heavy atom. The average Bonchev–Trinajstić information content (AvgIpc) is 3.04. The van der Waals surface area contributed by atoms with E-state index in [1.165, 1.54) is 11.0 Å². The van der Waals surface area contributed by atoms with Gasteiger partial charge in [-0.25, -0.2) is 4.68 Å². The number of amides is 1. The van der Waals surface area contributed by atoms with Crippen molar-refractivity contribution in [3.05, 3.63) is 6.33 Å². The van der Waals surface area contributed by atoms with E-state index in [2.05, 4.69) is 15.5 Å². The molecule has 1 spiro atoms. The molecule has 3 rings (SSSR count). The van der Waals surface area contributed by atoms with Gasteiger partial charge >= 0.3 is 0 Å². The summed E-state index contributed by atoms with van der Waals surface area (Å²) in [6, 6.07) is 0. The largest absolute Gasteiger partial charge is 0.391 e. The van der Waals surface area contributed by atoms with E-state index in [-0.39, 0.29) is 24.1 Å². The lowest BCUT2D eigenvalue weighted by Crippen LogP contribution is -2.51. The number of rotatable bonds is 2. The van der Waals surface area contributed by atoms with E-state index < -0.39 is 0 Å². The number of aliphatic hydroxyl groups excluding tert-OH is 1. The standard InChI is InChI=1S/C11H17N5O2/c17-9-3-6-16(11(9)4-1-2-5-11)10(18)7-15-8-12-13-14-15/h8-9,17H,1-7H2. The van der Waals surface area contributed by atoms with Crippen LogP contribution in [0.4, 0.5) is 0 Å². The van der Waals surface area contributed by atoms with Crippen LogP contribution in [0.5, 0.6) is 0 Å². The monoisotopic (exact) mass is 251 g/mol. The zero-order valence-corrected chi connectivity index (χ0v) is 10.2. The Morgan fingerprint density at radius 3 is 2.89 bits per heavy atom. The van der Waals surface area contributed by atoms with Crippen molar-refractivity contribution in [3.8, 4) is 0 Å². The van der Waals surface area contributed by atoms with Crippen LogP contribution < -0.4 is 0 Å². The summed E-state index contributed by atoms with van der Waals surface area (Å²) in [5.74, 6) is 0.000694. The molecule has 2 aliphatic rings. The average molecular weight is 251 g/mol. The summed E-state index contributed by atoms with van der Waals surface area (Å²) in [7, 11) is 0. The van der Waals surface area contributed by atoms with E-state index in [1.54, 1.807) is 0 Å². The third-order valence-electron chi connectivity index (χ3n) is 4.24. The molecule has 7 nitrogen and oxygen atoms in total. The highest BCUT2D eigenvalue weighted by atomic mass is 16.3. The predicted molar refractivity (Wildman–Crippen MR) is 61.4 cm³/mol. The first kappa shape index (κ1) is 11.6. The molecule has 1 saturated heterocycles. The highest BCUT2D eigenvalue weighted by Gasteiger charge is 2.51. The Balaban J connectivity index is 1.77. The fraction of sp³-hybridized carbons (Fsp3) is 0.818. The number of aliphatic hydroxyl groups is 1. The molecule has 1 atom stereocenters. The molecule has 7 heteroatoms. The van der Waals surface area contributed by atoms with Gasteiger partial charge < -0.3 is 10.0 Å². The second-order valence-electron chi connectivity index (χ2n) is 5.17. The second kappa shape index (κ2) is 4.31. The van der Waals surface area contributed by atoms with Crippen LogP contribution in [0, 0.1) is 0 Å². The van der Waals surface area contributed by atoms with Gasteiger partial charge in [0.15, 0.2) is 0 Å². The van der Waals surface area contributed by atoms with Crippen LogP contribution in [0.3, 0.4) is 0 Å². The zero-order valence-electron chi connectivity index (χ0n) is 10.2. The van der Waals surface area contributed by atoms with Crippen LogP contribution in [-0.4, -0.2) is 54.3 Å². The Kier molecular flexibility index (Phi) is 2.77. The molecule has 1 saturated carbocycles. The number of hydrogen-bond donors (Lipinski definition) is 1. The maximum Gasteiger partial charge on any atom is 0.244 e. The number of carbonyl (C=O) groups is 1. The molecule has 1 N–H and O–H groups in total. The maximum absolute atomic E-state index is 12.3. The molecule has 0 radical (unpaired) electrons. The Morgan fingerprint density at radius 1 is 1.44 bits per heavy atom. The van der Waals surface area contributed by atoms with Crippen molar-refractivity contribution in [1.29, 1.82) is 0 Å². The van der Waals surface area contributed by atoms with Gasteiger partial charge in [-0.3, -0.25) is 4.79 Å². The topological polar surface area (TPSA) is 84.1 Å². The van der Waals surface area contributed by atoms with E-state index in [1.807, 2.05) is 4.90 Å². The first-order valence-electron chi connectivity index (χ1n) is 6.42. The first-order chi connectivity index (χ1) is 8.72. The van der Waals surface area contributed by atoms with Crippen LogP contribution in [-0.2, 0) is 11.3 Å². The minimum atomic E-state index is -0.377. The van der Waals surface area contributed by atoms with E-state index in [0.29, 0.717) is 13.0 Å². The van der Waals surface area contributed by atoms with Gasteiger partial charge in [0.25, 0.3) is 0 Å². The lowest BCUT2D eigenvalue weighted by Gasteiger charge is -2.37. The number of tetrazole rings is 1. The van der Waals surface area contributed by atoms with Crippen molar-refractivity contribution in [2.75, 3.05) is 6.54 Å². The smallest absolute Gasteiger partial charge is 0.244 e. The summed E-state index contributed by atoms with van der Waals surface area (Å²) in [4.78, 5) is 14.2. The van der Waals surface area contributed by atoms with Gasteiger partial charge in [-0.2, -0.15) is 0 Å². The molecule has 18 heavy (non-hydrogen) atoms. The number of carbonyl (C=O) groups excluding carboxylic acids is 1. The SMILES string of the molecule is O=C(Cn1cnnn1)N1CCC(O)C12CCCC2. The Labute approximate surface area is 105 Å². The first-order valence-corrected chi connectivity index (χ1v) is 6.42. The molecule has 1 aromatic rings. The van der Waals surface area contributed by atoms with E-state index in [4.69, 9.17) is 0 Å². The molecule has 1 aromatic heterocycles. The lowest BCUT2D eigenvalue weighted by atomic mass is 9.91. The fourth-order valence-corrected chi connectivity index (χ4v) is 3.36. The molecule has 2 heterocycles. The summed E-state index contributed by atoms with van der Waals surface area (Å²) in [5.41, 5.74) is -0.314. The molecule has 1 amide bonds. The van der Waals surface area contributed by atoms with Crippen LogP contribution in [0.2, 0.25) is 0 Å². The molecule has 98 valence electrons. The summed E-state index contributed by atoms with van der Waals surface area (Å²) >= 11 is 0. The summed E-state index contributed by atoms with van der Waals surface area (Å²) < 4.78 is 1.43. The molecule has 1 aliphatic heterocycles. The Bertz CT molecular complexity index is 427. The van der Waals surface area contributed by atoms with Crippen molar-refractivity contribution in [1.82, 2.24) is 25.1 Å². The molecule has 0 bridgehead atoms. The quantitative estimate of drug-likeness (QED) is 0.771. The minimum absolute atomic E-state index is 0.000694. The van der Waals surface area contributed by atoms with E-state index >= 15 is 0 Å². The molecule has 2 fully saturated rings. The van der Waals surface area contributed by atoms with Crippen LogP contribution in [0.25, 0.3) is 0 Å². The highest BCUT2D eigenvalue weighted by Crippen LogP contribution is 2.43. The zero-order chi connectivity index (χ0) is 12.6. The Hall–Kier alpha value is -1.50. The molecular weight excluding hydrogens is 234 g/mol. The van der Waals surface area contributed by atoms with Crippen molar-refractivity contribution in [2.45, 2.75) is 50.3 Å². The van der Waals surface area contributed by atoms with E-state index in [9.17, 15) is 9.90 Å². The summed E-state index contributed by atoms with van der Waals surface area (Å²) in [6.07, 6.45) is 5.74. The molecule has 0 aromatic carbocycles. The van der Waals surface area contributed by atoms with Gasteiger partial charge in [0, 0.05) is 6.54 Å². The van der Waals surface area contributed by atoms with Crippen molar-refractivity contribution in [3.63, 3.8) is 0 Å². The minimum Gasteiger partial charge on any atom is -0.391 e. The summed E-state index contributed by atoms with van der Waals surface area (Å²) in [6.45, 7) is 0.795. The van der Waals surface area contributed by atoms with Crippen LogP contribution >= 0.6 is 0 Å². The van der Waals surface area contributed by atoms with Crippen molar-refractivity contribution >= 4 is 5.91 Å². The van der Waals surface area contributed by atoms with Gasteiger partial charge in [-0.15, -0.1) is 5.10 Å². The predicted octanol–water partition coefficient (Wildman–Crippen LogP) is -0.421. The van der Waals surface area contributed by atoms with Gasteiger partial charge in [0.2, 0.25) is 5.91 Å². The third kappa shape index (κ3) is 1.69. The molecular formula is C11H17N5O2. The highest BCUT2D eigenvalue weighted by molar-refractivity contribution is 5.77. The number of likely N-dealkylation sites (tertiary alicyclic amines) is 1. The fourth-order valence-electron chi connectivity index (χ4n) is 3.36. The molecule has 1 unspecified atom stereocenters. The van der Waals surface area contributed by atoms with Crippen molar-refractivity contribution in [2.24, 2.45) is 0 Å². The summed E-state index contributed by atoms with van der Waals surface area (Å²) in [5, 5.41) is 20.9. The number of nitrogens with zero attached hydrogens (tertiary/aromatic N) is 5. The third-order valence-corrected chi connectivity index (χ3v) is 4.24. The molecule has 1 aliphatic carbocycles. The number of hydrogen-bond acceptors (Lipinski definition) is 5. The van der Waals surface area contributed by atoms with E-state index in [0.717, 1.165) is 25.7 Å². The second-order valence-corrected chi connectivity index (χ2v) is 5.17. The number of aromatic nitrogens is 4. The normalized spacial score (nSPS) is 26.1. The maximum atomic E-state index is 12.3. The lowest BCUT2D eigenvalue weighted by molar-refractivity contribution is -0.138. The van der Waals surface area contributed by atoms with Gasteiger partial charge in [-0.05, 0) is 29.7 Å². The van der Waals surface area contributed by atoms with Crippen molar-refractivity contribution < 1.29 is 9.90 Å². The van der Waals surface area contributed by atoms with Crippen LogP contribution in [0.15, 0.2) is 6.33 Å². The van der Waals surface area contributed by atoms with Gasteiger partial charge in [0.1, 0.15) is 12.9 Å².